The smallest absolute Gasteiger partial charge is 0.211 e. The second-order valence-corrected chi connectivity index (χ2v) is 12.7. The lowest BCUT2D eigenvalue weighted by Crippen LogP contribution is -2.55. The van der Waals surface area contributed by atoms with Crippen molar-refractivity contribution in [2.75, 3.05) is 46.2 Å². The summed E-state index contributed by atoms with van der Waals surface area (Å²) in [4.78, 5) is 2.61. The molecule has 0 amide bonds. The molecular formula is C26H39N3O4S. The van der Waals surface area contributed by atoms with E-state index in [0.717, 1.165) is 54.2 Å². The summed E-state index contributed by atoms with van der Waals surface area (Å²) in [7, 11) is 0.162. The highest BCUT2D eigenvalue weighted by atomic mass is 32.2. The molecule has 34 heavy (non-hydrogen) atoms. The molecule has 1 aromatic carbocycles. The van der Waals surface area contributed by atoms with Crippen molar-refractivity contribution in [1.82, 2.24) is 13.8 Å². The Morgan fingerprint density at radius 1 is 1.15 bits per heavy atom. The number of methoxy groups -OCH3 is 1. The Labute approximate surface area is 203 Å². The van der Waals surface area contributed by atoms with Crippen molar-refractivity contribution in [3.8, 4) is 5.75 Å². The minimum absolute atomic E-state index is 0.231. The van der Waals surface area contributed by atoms with Gasteiger partial charge in [-0.2, -0.15) is 4.31 Å². The molecule has 1 atom stereocenters. The van der Waals surface area contributed by atoms with Crippen LogP contribution in [0.2, 0.25) is 0 Å². The molecule has 0 bridgehead atoms. The molecule has 1 aliphatic carbocycles. The van der Waals surface area contributed by atoms with Crippen LogP contribution in [-0.4, -0.2) is 73.4 Å². The number of aromatic nitrogens is 1. The number of aliphatic hydroxyl groups excluding tert-OH is 1. The van der Waals surface area contributed by atoms with Crippen LogP contribution in [0.4, 0.5) is 0 Å². The monoisotopic (exact) mass is 489 g/mol. The summed E-state index contributed by atoms with van der Waals surface area (Å²) in [5.74, 6) is 1.59. The quantitative estimate of drug-likeness (QED) is 0.697. The van der Waals surface area contributed by atoms with Crippen LogP contribution in [0, 0.1) is 5.92 Å². The summed E-state index contributed by atoms with van der Waals surface area (Å²) in [6.45, 7) is 3.36. The predicted octanol–water partition coefficient (Wildman–Crippen LogP) is 3.41. The molecule has 8 heteroatoms. The molecule has 2 fully saturated rings. The molecule has 5 rings (SSSR count). The zero-order chi connectivity index (χ0) is 24.1. The van der Waals surface area contributed by atoms with Gasteiger partial charge in [0.25, 0.3) is 0 Å². The Kier molecular flexibility index (Phi) is 6.46. The van der Waals surface area contributed by atoms with E-state index in [1.807, 2.05) is 19.2 Å². The molecule has 0 unspecified atom stereocenters. The first-order valence-electron chi connectivity index (χ1n) is 12.7. The van der Waals surface area contributed by atoms with E-state index in [-0.39, 0.29) is 12.0 Å². The molecule has 2 aliphatic heterocycles. The van der Waals surface area contributed by atoms with Crippen LogP contribution in [0.15, 0.2) is 18.2 Å². The predicted molar refractivity (Wildman–Crippen MR) is 135 cm³/mol. The van der Waals surface area contributed by atoms with Gasteiger partial charge in [-0.3, -0.25) is 0 Å². The van der Waals surface area contributed by atoms with Gasteiger partial charge >= 0.3 is 0 Å². The SMILES string of the molecule is COc1ccc2c3c(n(C)c2c1)[C@@H](CO)N(S(C)(=O)=O)CC31CCN(CC2CCCCC2)CC1. The molecular weight excluding hydrogens is 450 g/mol. The van der Waals surface area contributed by atoms with Gasteiger partial charge in [-0.05, 0) is 62.4 Å². The maximum absolute atomic E-state index is 12.9. The Hall–Kier alpha value is -1.61. The molecule has 1 aromatic heterocycles. The lowest BCUT2D eigenvalue weighted by molar-refractivity contribution is 0.0841. The highest BCUT2D eigenvalue weighted by Gasteiger charge is 2.50. The fraction of sp³-hybridized carbons (Fsp3) is 0.692. The van der Waals surface area contributed by atoms with Crippen molar-refractivity contribution in [2.45, 2.75) is 56.4 Å². The van der Waals surface area contributed by atoms with E-state index in [4.69, 9.17) is 4.74 Å². The molecule has 1 saturated heterocycles. The summed E-state index contributed by atoms with van der Waals surface area (Å²) in [6.07, 6.45) is 9.92. The molecule has 7 nitrogen and oxygen atoms in total. The largest absolute Gasteiger partial charge is 0.497 e. The van der Waals surface area contributed by atoms with E-state index >= 15 is 0 Å². The van der Waals surface area contributed by atoms with Gasteiger partial charge in [0.2, 0.25) is 10.0 Å². The number of benzene rings is 1. The number of ether oxygens (including phenoxy) is 1. The minimum Gasteiger partial charge on any atom is -0.497 e. The number of nitrogens with zero attached hydrogens (tertiary/aromatic N) is 3. The summed E-state index contributed by atoms with van der Waals surface area (Å²) in [6, 6.07) is 5.57. The van der Waals surface area contributed by atoms with E-state index < -0.39 is 16.1 Å². The zero-order valence-electron chi connectivity index (χ0n) is 20.8. The first-order valence-corrected chi connectivity index (χ1v) is 14.6. The standard InChI is InChI=1S/C26H39N3O4S/c1-27-22-15-20(33-2)9-10-21(22)24-25(27)23(17-30)29(34(3,31)32)18-26(24)11-13-28(14-12-26)16-19-7-5-4-6-8-19/h9-10,15,19,23,30H,4-8,11-14,16-18H2,1-3H3/t23-/m1/s1. The van der Waals surface area contributed by atoms with E-state index in [2.05, 4.69) is 15.5 Å². The van der Waals surface area contributed by atoms with Gasteiger partial charge in [-0.15, -0.1) is 0 Å². The van der Waals surface area contributed by atoms with Crippen molar-refractivity contribution < 1.29 is 18.3 Å². The molecule has 1 spiro atoms. The molecule has 0 radical (unpaired) electrons. The summed E-state index contributed by atoms with van der Waals surface area (Å²) in [5, 5.41) is 11.5. The number of piperidine rings is 1. The van der Waals surface area contributed by atoms with Crippen molar-refractivity contribution >= 4 is 20.9 Å². The van der Waals surface area contributed by atoms with Gasteiger partial charge in [0.15, 0.2) is 0 Å². The molecule has 188 valence electrons. The second-order valence-electron chi connectivity index (χ2n) is 10.8. The number of fused-ring (bicyclic) bond motifs is 4. The number of aryl methyl sites for hydroxylation is 1. The van der Waals surface area contributed by atoms with Crippen LogP contribution < -0.4 is 4.74 Å². The molecule has 3 heterocycles. The minimum atomic E-state index is -3.49. The highest BCUT2D eigenvalue weighted by Crippen LogP contribution is 2.50. The van der Waals surface area contributed by atoms with Gasteiger partial charge in [0.1, 0.15) is 5.75 Å². The number of hydrogen-bond acceptors (Lipinski definition) is 5. The average molecular weight is 490 g/mol. The summed E-state index contributed by atoms with van der Waals surface area (Å²) >= 11 is 0. The Morgan fingerprint density at radius 3 is 2.47 bits per heavy atom. The van der Waals surface area contributed by atoms with Crippen LogP contribution >= 0.6 is 0 Å². The van der Waals surface area contributed by atoms with Crippen molar-refractivity contribution in [2.24, 2.45) is 13.0 Å². The van der Waals surface area contributed by atoms with Gasteiger partial charge in [0, 0.05) is 42.7 Å². The summed E-state index contributed by atoms with van der Waals surface area (Å²) in [5.41, 5.74) is 2.95. The number of aliphatic hydroxyl groups is 1. The number of sulfonamides is 1. The number of rotatable bonds is 5. The highest BCUT2D eigenvalue weighted by molar-refractivity contribution is 7.88. The lowest BCUT2D eigenvalue weighted by atomic mass is 9.68. The molecule has 1 N–H and O–H groups in total. The fourth-order valence-corrected chi connectivity index (χ4v) is 8.08. The molecule has 2 aromatic rings. The van der Waals surface area contributed by atoms with E-state index in [9.17, 15) is 13.5 Å². The van der Waals surface area contributed by atoms with Gasteiger partial charge in [-0.25, -0.2) is 8.42 Å². The Balaban J connectivity index is 1.56. The summed E-state index contributed by atoms with van der Waals surface area (Å²) < 4.78 is 35.0. The third-order valence-corrected chi connectivity index (χ3v) is 9.99. The van der Waals surface area contributed by atoms with Gasteiger partial charge < -0.3 is 19.3 Å². The van der Waals surface area contributed by atoms with Crippen LogP contribution in [0.1, 0.15) is 62.2 Å². The fourth-order valence-electron chi connectivity index (χ4n) is 6.97. The zero-order valence-corrected chi connectivity index (χ0v) is 21.6. The van der Waals surface area contributed by atoms with E-state index in [0.29, 0.717) is 6.54 Å². The normalized spacial score (nSPS) is 24.5. The van der Waals surface area contributed by atoms with Crippen LogP contribution in [0.5, 0.6) is 5.75 Å². The number of hydrogen-bond donors (Lipinski definition) is 1. The average Bonchev–Trinajstić information content (AvgIpc) is 3.13. The van der Waals surface area contributed by atoms with Crippen LogP contribution in [-0.2, 0) is 22.5 Å². The lowest BCUT2D eigenvalue weighted by Gasteiger charge is -2.50. The van der Waals surface area contributed by atoms with Gasteiger partial charge in [0.05, 0.1) is 31.5 Å². The molecule has 3 aliphatic rings. The molecule has 1 saturated carbocycles. The van der Waals surface area contributed by atoms with Crippen molar-refractivity contribution in [3.63, 3.8) is 0 Å². The Bertz CT molecular complexity index is 1140. The van der Waals surface area contributed by atoms with Crippen molar-refractivity contribution in [1.29, 1.82) is 0 Å². The topological polar surface area (TPSA) is 75.0 Å². The van der Waals surface area contributed by atoms with Crippen LogP contribution in [0.25, 0.3) is 10.9 Å². The number of likely N-dealkylation sites (tertiary alicyclic amines) is 1. The maximum atomic E-state index is 12.9. The Morgan fingerprint density at radius 2 is 1.85 bits per heavy atom. The first-order chi connectivity index (χ1) is 16.3. The second kappa shape index (κ2) is 9.12. The maximum Gasteiger partial charge on any atom is 0.211 e. The first kappa shape index (κ1) is 24.1. The van der Waals surface area contributed by atoms with Crippen LogP contribution in [0.3, 0.4) is 0 Å². The van der Waals surface area contributed by atoms with E-state index in [1.165, 1.54) is 50.5 Å². The van der Waals surface area contributed by atoms with E-state index in [1.54, 1.807) is 11.4 Å². The third-order valence-electron chi connectivity index (χ3n) is 8.76. The third kappa shape index (κ3) is 4.06. The van der Waals surface area contributed by atoms with Crippen molar-refractivity contribution in [3.05, 3.63) is 29.5 Å². The van der Waals surface area contributed by atoms with Gasteiger partial charge in [-0.1, -0.05) is 19.3 Å².